The quantitative estimate of drug-likeness (QED) is 0.422. The van der Waals surface area contributed by atoms with Gasteiger partial charge in [0, 0.05) is 19.3 Å². The number of aromatic nitrogens is 1. The van der Waals surface area contributed by atoms with Crippen molar-refractivity contribution in [1.82, 2.24) is 15.7 Å². The fraction of sp³-hybridized carbons (Fsp3) is 0.500. The second-order valence-corrected chi connectivity index (χ2v) is 5.06. The van der Waals surface area contributed by atoms with Crippen LogP contribution in [0.3, 0.4) is 0 Å². The molecule has 2 rings (SSSR count). The lowest BCUT2D eigenvalue weighted by molar-refractivity contribution is 0.0598. The minimum atomic E-state index is -0.531. The van der Waals surface area contributed by atoms with Crippen molar-refractivity contribution in [2.45, 2.75) is 37.8 Å². The number of nitrogens with zero attached hydrogens (tertiary/aromatic N) is 1. The predicted molar refractivity (Wildman–Crippen MR) is 76.4 cm³/mol. The van der Waals surface area contributed by atoms with E-state index < -0.39 is 5.91 Å². The Hall–Kier alpha value is -1.99. The van der Waals surface area contributed by atoms with E-state index in [1.807, 2.05) is 5.43 Å². The molecule has 0 radical (unpaired) electrons. The van der Waals surface area contributed by atoms with Crippen molar-refractivity contribution in [3.8, 4) is 0 Å². The Morgan fingerprint density at radius 2 is 2.00 bits per heavy atom. The number of nitrogens with two attached hydrogens (primary N) is 1. The normalized spacial score (nSPS) is 21.6. The predicted octanol–water partition coefficient (Wildman–Crippen LogP) is 0.373. The van der Waals surface area contributed by atoms with Gasteiger partial charge in [0.25, 0.3) is 11.8 Å². The van der Waals surface area contributed by atoms with Crippen LogP contribution in [-0.2, 0) is 4.74 Å². The highest BCUT2D eigenvalue weighted by Crippen LogP contribution is 2.21. The maximum Gasteiger partial charge on any atom is 0.270 e. The van der Waals surface area contributed by atoms with Gasteiger partial charge in [-0.25, -0.2) is 5.84 Å². The van der Waals surface area contributed by atoms with E-state index in [4.69, 9.17) is 10.6 Å². The molecule has 1 aliphatic rings. The molecule has 1 heterocycles. The van der Waals surface area contributed by atoms with Crippen LogP contribution in [0.15, 0.2) is 18.3 Å². The summed E-state index contributed by atoms with van der Waals surface area (Å²) < 4.78 is 5.30. The van der Waals surface area contributed by atoms with Gasteiger partial charge in [0.1, 0.15) is 5.69 Å². The molecule has 7 nitrogen and oxygen atoms in total. The van der Waals surface area contributed by atoms with Crippen molar-refractivity contribution in [2.75, 3.05) is 7.11 Å². The Morgan fingerprint density at radius 1 is 1.29 bits per heavy atom. The van der Waals surface area contributed by atoms with Gasteiger partial charge in [0.15, 0.2) is 0 Å². The summed E-state index contributed by atoms with van der Waals surface area (Å²) in [6.45, 7) is 0. The van der Waals surface area contributed by atoms with Crippen LogP contribution in [0.25, 0.3) is 0 Å². The smallest absolute Gasteiger partial charge is 0.270 e. The third-order valence-electron chi connectivity index (χ3n) is 3.74. The third-order valence-corrected chi connectivity index (χ3v) is 3.74. The number of ether oxygens (including phenoxy) is 1. The highest BCUT2D eigenvalue weighted by atomic mass is 16.5. The lowest BCUT2D eigenvalue weighted by atomic mass is 9.93. The van der Waals surface area contributed by atoms with Gasteiger partial charge in [0.05, 0.1) is 11.7 Å². The van der Waals surface area contributed by atoms with Crippen LogP contribution in [0.5, 0.6) is 0 Å². The SMILES string of the molecule is COC1CCC(NC(=O)c2ncccc2C(=O)NN)CC1. The van der Waals surface area contributed by atoms with Gasteiger partial charge < -0.3 is 10.1 Å². The molecular formula is C14H20N4O3. The molecule has 1 aromatic rings. The molecule has 4 N–H and O–H groups in total. The van der Waals surface area contributed by atoms with Crippen molar-refractivity contribution in [3.63, 3.8) is 0 Å². The summed E-state index contributed by atoms with van der Waals surface area (Å²) in [5, 5.41) is 2.92. The molecule has 1 fully saturated rings. The molecule has 7 heteroatoms. The Labute approximate surface area is 123 Å². The van der Waals surface area contributed by atoms with E-state index in [0.29, 0.717) is 0 Å². The second kappa shape index (κ2) is 7.14. The van der Waals surface area contributed by atoms with Crippen LogP contribution in [-0.4, -0.2) is 36.1 Å². The summed E-state index contributed by atoms with van der Waals surface area (Å²) in [5.41, 5.74) is 2.28. The van der Waals surface area contributed by atoms with Crippen molar-refractivity contribution in [1.29, 1.82) is 0 Å². The van der Waals surface area contributed by atoms with E-state index in [9.17, 15) is 9.59 Å². The molecule has 21 heavy (non-hydrogen) atoms. The number of hydrazine groups is 1. The molecule has 2 amide bonds. The topological polar surface area (TPSA) is 106 Å². The maximum absolute atomic E-state index is 12.3. The average molecular weight is 292 g/mol. The third kappa shape index (κ3) is 3.77. The number of hydrogen-bond acceptors (Lipinski definition) is 5. The first kappa shape index (κ1) is 15.4. The fourth-order valence-electron chi connectivity index (χ4n) is 2.54. The summed E-state index contributed by atoms with van der Waals surface area (Å²) in [6.07, 6.45) is 5.29. The van der Waals surface area contributed by atoms with Gasteiger partial charge >= 0.3 is 0 Å². The van der Waals surface area contributed by atoms with Crippen molar-refractivity contribution >= 4 is 11.8 Å². The number of rotatable bonds is 4. The van der Waals surface area contributed by atoms with E-state index in [-0.39, 0.29) is 29.3 Å². The average Bonchev–Trinajstić information content (AvgIpc) is 2.54. The number of pyridine rings is 1. The van der Waals surface area contributed by atoms with E-state index in [2.05, 4.69) is 10.3 Å². The van der Waals surface area contributed by atoms with Gasteiger partial charge in [-0.3, -0.25) is 20.0 Å². The molecule has 114 valence electrons. The van der Waals surface area contributed by atoms with Crippen molar-refractivity contribution in [2.24, 2.45) is 5.84 Å². The molecule has 1 aliphatic carbocycles. The van der Waals surface area contributed by atoms with Gasteiger partial charge in [-0.15, -0.1) is 0 Å². The lowest BCUT2D eigenvalue weighted by Gasteiger charge is -2.28. The molecule has 0 atom stereocenters. The van der Waals surface area contributed by atoms with Gasteiger partial charge in [-0.1, -0.05) is 0 Å². The molecule has 0 spiro atoms. The number of nitrogen functional groups attached to an aromatic ring is 1. The second-order valence-electron chi connectivity index (χ2n) is 5.06. The van der Waals surface area contributed by atoms with E-state index in [0.717, 1.165) is 25.7 Å². The van der Waals surface area contributed by atoms with Gasteiger partial charge in [-0.2, -0.15) is 0 Å². The number of methoxy groups -OCH3 is 1. The van der Waals surface area contributed by atoms with Crippen LogP contribution in [0, 0.1) is 0 Å². The lowest BCUT2D eigenvalue weighted by Crippen LogP contribution is -2.40. The zero-order valence-corrected chi connectivity index (χ0v) is 12.0. The molecule has 0 aromatic carbocycles. The van der Waals surface area contributed by atoms with Crippen LogP contribution < -0.4 is 16.6 Å². The number of hydrogen-bond donors (Lipinski definition) is 3. The standard InChI is InChI=1S/C14H20N4O3/c1-21-10-6-4-9(5-7-10)17-14(20)12-11(13(19)18-15)3-2-8-16-12/h2-3,8-10H,4-7,15H2,1H3,(H,17,20)(H,18,19). The first-order valence-electron chi connectivity index (χ1n) is 6.95. The molecule has 1 aromatic heterocycles. The first-order valence-corrected chi connectivity index (χ1v) is 6.95. The van der Waals surface area contributed by atoms with Crippen LogP contribution in [0.4, 0.5) is 0 Å². The molecule has 0 aliphatic heterocycles. The van der Waals surface area contributed by atoms with Crippen LogP contribution >= 0.6 is 0 Å². The van der Waals surface area contributed by atoms with E-state index in [1.165, 1.54) is 12.3 Å². The molecule has 0 saturated heterocycles. The van der Waals surface area contributed by atoms with Crippen molar-refractivity contribution < 1.29 is 14.3 Å². The zero-order valence-electron chi connectivity index (χ0n) is 12.0. The van der Waals surface area contributed by atoms with Crippen molar-refractivity contribution in [3.05, 3.63) is 29.6 Å². The Kier molecular flexibility index (Phi) is 5.24. The summed E-state index contributed by atoms with van der Waals surface area (Å²) >= 11 is 0. The van der Waals surface area contributed by atoms with E-state index >= 15 is 0 Å². The first-order chi connectivity index (χ1) is 10.2. The number of nitrogens with one attached hydrogen (secondary N) is 2. The molecule has 0 unspecified atom stereocenters. The van der Waals surface area contributed by atoms with Crippen LogP contribution in [0.1, 0.15) is 46.5 Å². The number of carbonyl (C=O) groups is 2. The molecular weight excluding hydrogens is 272 g/mol. The highest BCUT2D eigenvalue weighted by molar-refractivity contribution is 6.05. The highest BCUT2D eigenvalue weighted by Gasteiger charge is 2.24. The van der Waals surface area contributed by atoms with Gasteiger partial charge in [0.2, 0.25) is 0 Å². The summed E-state index contributed by atoms with van der Waals surface area (Å²) in [6, 6.07) is 3.19. The minimum Gasteiger partial charge on any atom is -0.381 e. The monoisotopic (exact) mass is 292 g/mol. The minimum absolute atomic E-state index is 0.0830. The maximum atomic E-state index is 12.3. The van der Waals surface area contributed by atoms with E-state index in [1.54, 1.807) is 13.2 Å². The number of carbonyl (C=O) groups excluding carboxylic acids is 2. The molecule has 1 saturated carbocycles. The summed E-state index contributed by atoms with van der Waals surface area (Å²) in [4.78, 5) is 27.9. The largest absolute Gasteiger partial charge is 0.381 e. The van der Waals surface area contributed by atoms with Crippen LogP contribution in [0.2, 0.25) is 0 Å². The Balaban J connectivity index is 2.03. The Morgan fingerprint density at radius 3 is 2.62 bits per heavy atom. The molecule has 0 bridgehead atoms. The zero-order chi connectivity index (χ0) is 15.2. The fourth-order valence-corrected chi connectivity index (χ4v) is 2.54. The Bertz CT molecular complexity index is 513. The van der Waals surface area contributed by atoms with Gasteiger partial charge in [-0.05, 0) is 37.8 Å². The summed E-state index contributed by atoms with van der Waals surface area (Å²) in [7, 11) is 1.70. The summed E-state index contributed by atoms with van der Waals surface area (Å²) in [5.74, 6) is 4.23. The number of amides is 2.